The lowest BCUT2D eigenvalue weighted by Gasteiger charge is -2.29. The lowest BCUT2D eigenvalue weighted by molar-refractivity contribution is -0.169. The van der Waals surface area contributed by atoms with Crippen molar-refractivity contribution in [2.24, 2.45) is 0 Å². The summed E-state index contributed by atoms with van der Waals surface area (Å²) in [6.45, 7) is 9.99. The van der Waals surface area contributed by atoms with E-state index in [0.29, 0.717) is 0 Å². The molecule has 0 N–H and O–H groups in total. The topological polar surface area (TPSA) is 97.4 Å². The van der Waals surface area contributed by atoms with Crippen LogP contribution in [0, 0.1) is 0 Å². The summed E-state index contributed by atoms with van der Waals surface area (Å²) < 4.78 is 37.4. The molecule has 0 aliphatic heterocycles. The third-order valence-electron chi connectivity index (χ3n) is 1.60. The number of phosphoric ester groups is 1. The molecule has 0 heterocycles. The zero-order chi connectivity index (χ0) is 16.8. The van der Waals surface area contributed by atoms with Crippen molar-refractivity contribution in [1.29, 1.82) is 0 Å². The minimum atomic E-state index is -4.12. The smallest absolute Gasteiger partial charge is 0.436 e. The van der Waals surface area contributed by atoms with Gasteiger partial charge in [-0.1, -0.05) is 0 Å². The maximum absolute atomic E-state index is 12.6. The summed E-state index contributed by atoms with van der Waals surface area (Å²) in [4.78, 5) is 21.7. The largest absolute Gasteiger partial charge is 0.481 e. The Labute approximate surface area is 124 Å². The summed E-state index contributed by atoms with van der Waals surface area (Å²) >= 11 is 0. The third-order valence-corrected chi connectivity index (χ3v) is 3.49. The molecule has 0 aromatic carbocycles. The Morgan fingerprint density at radius 3 is 1.48 bits per heavy atom. The number of rotatable bonds is 7. The standard InChI is InChI=1S/C12H23O8P/c1-8(13)16-10(3)18-21(15,20-12(5,6)7)19-11(4)17-9(2)14/h10-11H,1-7H3. The first-order valence-electron chi connectivity index (χ1n) is 6.35. The van der Waals surface area contributed by atoms with Crippen LogP contribution in [0.1, 0.15) is 48.5 Å². The van der Waals surface area contributed by atoms with Crippen molar-refractivity contribution in [2.45, 2.75) is 66.6 Å². The van der Waals surface area contributed by atoms with Crippen LogP contribution in [0.15, 0.2) is 0 Å². The highest BCUT2D eigenvalue weighted by atomic mass is 31.2. The summed E-state index contributed by atoms with van der Waals surface area (Å²) in [5.74, 6) is -1.23. The van der Waals surface area contributed by atoms with Gasteiger partial charge in [-0.15, -0.1) is 0 Å². The first-order valence-corrected chi connectivity index (χ1v) is 7.81. The second-order valence-electron chi connectivity index (χ2n) is 5.22. The van der Waals surface area contributed by atoms with Crippen molar-refractivity contribution in [1.82, 2.24) is 0 Å². The quantitative estimate of drug-likeness (QED) is 0.400. The predicted molar refractivity (Wildman–Crippen MR) is 73.1 cm³/mol. The number of hydrogen-bond acceptors (Lipinski definition) is 8. The third kappa shape index (κ3) is 10.4. The molecule has 2 unspecified atom stereocenters. The molecule has 0 rings (SSSR count). The Bertz CT molecular complexity index is 386. The lowest BCUT2D eigenvalue weighted by Crippen LogP contribution is -2.25. The van der Waals surface area contributed by atoms with Crippen molar-refractivity contribution in [3.63, 3.8) is 0 Å². The number of esters is 2. The average Bonchev–Trinajstić information content (AvgIpc) is 2.07. The van der Waals surface area contributed by atoms with Crippen LogP contribution in [0.2, 0.25) is 0 Å². The molecule has 124 valence electrons. The van der Waals surface area contributed by atoms with E-state index in [4.69, 9.17) is 23.0 Å². The van der Waals surface area contributed by atoms with Gasteiger partial charge in [-0.2, -0.15) is 0 Å². The van der Waals surface area contributed by atoms with Gasteiger partial charge in [0, 0.05) is 13.8 Å². The van der Waals surface area contributed by atoms with Crippen molar-refractivity contribution >= 4 is 19.8 Å². The molecular formula is C12H23O8P. The zero-order valence-electron chi connectivity index (χ0n) is 13.4. The van der Waals surface area contributed by atoms with E-state index in [1.165, 1.54) is 27.7 Å². The second kappa shape index (κ2) is 7.89. The molecular weight excluding hydrogens is 303 g/mol. The molecule has 0 radical (unpaired) electrons. The van der Waals surface area contributed by atoms with Gasteiger partial charge in [-0.25, -0.2) is 13.6 Å². The highest BCUT2D eigenvalue weighted by Crippen LogP contribution is 2.54. The average molecular weight is 326 g/mol. The van der Waals surface area contributed by atoms with Crippen molar-refractivity contribution < 1.29 is 37.2 Å². The monoisotopic (exact) mass is 326 g/mol. The number of phosphoric acid groups is 1. The highest BCUT2D eigenvalue weighted by Gasteiger charge is 2.38. The van der Waals surface area contributed by atoms with E-state index >= 15 is 0 Å². The van der Waals surface area contributed by atoms with Crippen LogP contribution in [0.5, 0.6) is 0 Å². The van der Waals surface area contributed by atoms with Gasteiger partial charge in [0.2, 0.25) is 12.6 Å². The fourth-order valence-electron chi connectivity index (χ4n) is 1.28. The van der Waals surface area contributed by atoms with E-state index in [0.717, 1.165) is 0 Å². The number of carbonyl (C=O) groups excluding carboxylic acids is 2. The Morgan fingerprint density at radius 2 is 1.24 bits per heavy atom. The molecule has 9 heteroatoms. The highest BCUT2D eigenvalue weighted by molar-refractivity contribution is 7.48. The SMILES string of the molecule is CC(=O)OC(C)OP(=O)(OC(C)OC(C)=O)OC(C)(C)C. The van der Waals surface area contributed by atoms with Gasteiger partial charge in [-0.3, -0.25) is 14.1 Å². The van der Waals surface area contributed by atoms with E-state index in [-0.39, 0.29) is 0 Å². The predicted octanol–water partition coefficient (Wildman–Crippen LogP) is 2.76. The fraction of sp³-hybridized carbons (Fsp3) is 0.833. The van der Waals surface area contributed by atoms with Gasteiger partial charge < -0.3 is 9.47 Å². The molecule has 0 aliphatic carbocycles. The van der Waals surface area contributed by atoms with Gasteiger partial charge >= 0.3 is 19.8 Å². The first-order chi connectivity index (χ1) is 9.33. The van der Waals surface area contributed by atoms with E-state index in [2.05, 4.69) is 0 Å². The molecule has 0 saturated heterocycles. The minimum Gasteiger partial charge on any atom is -0.436 e. The Balaban J connectivity index is 4.96. The maximum Gasteiger partial charge on any atom is 0.481 e. The van der Waals surface area contributed by atoms with E-state index in [1.807, 2.05) is 0 Å². The van der Waals surface area contributed by atoms with E-state index < -0.39 is 37.9 Å². The number of carbonyl (C=O) groups is 2. The lowest BCUT2D eigenvalue weighted by atomic mass is 10.2. The van der Waals surface area contributed by atoms with Crippen molar-refractivity contribution in [3.05, 3.63) is 0 Å². The normalized spacial score (nSPS) is 17.5. The van der Waals surface area contributed by atoms with Gasteiger partial charge in [0.05, 0.1) is 5.60 Å². The molecule has 0 aromatic rings. The Kier molecular flexibility index (Phi) is 7.53. The first kappa shape index (κ1) is 20.1. The van der Waals surface area contributed by atoms with Gasteiger partial charge in [0.1, 0.15) is 0 Å². The van der Waals surface area contributed by atoms with Crippen LogP contribution in [0.3, 0.4) is 0 Å². The van der Waals surface area contributed by atoms with Crippen molar-refractivity contribution in [3.8, 4) is 0 Å². The molecule has 2 atom stereocenters. The van der Waals surface area contributed by atoms with Crippen LogP contribution in [-0.2, 0) is 37.2 Å². The van der Waals surface area contributed by atoms with Crippen molar-refractivity contribution in [2.75, 3.05) is 0 Å². The van der Waals surface area contributed by atoms with E-state index in [9.17, 15) is 14.2 Å². The van der Waals surface area contributed by atoms with Gasteiger partial charge in [0.15, 0.2) is 0 Å². The molecule has 21 heavy (non-hydrogen) atoms. The van der Waals surface area contributed by atoms with Crippen LogP contribution >= 0.6 is 7.82 Å². The minimum absolute atomic E-state index is 0.613. The molecule has 0 aliphatic rings. The van der Waals surface area contributed by atoms with Gasteiger partial charge in [-0.05, 0) is 34.6 Å². The summed E-state index contributed by atoms with van der Waals surface area (Å²) in [6, 6.07) is 0. The van der Waals surface area contributed by atoms with Crippen LogP contribution in [0.4, 0.5) is 0 Å². The number of hydrogen-bond donors (Lipinski definition) is 0. The summed E-state index contributed by atoms with van der Waals surface area (Å²) in [7, 11) is -4.12. The maximum atomic E-state index is 12.6. The Hall–Kier alpha value is -0.950. The van der Waals surface area contributed by atoms with Crippen LogP contribution < -0.4 is 0 Å². The van der Waals surface area contributed by atoms with Crippen LogP contribution in [-0.4, -0.2) is 30.1 Å². The van der Waals surface area contributed by atoms with E-state index in [1.54, 1.807) is 20.8 Å². The number of ether oxygens (including phenoxy) is 2. The fourth-order valence-corrected chi connectivity index (χ4v) is 2.90. The summed E-state index contributed by atoms with van der Waals surface area (Å²) in [6.07, 6.45) is -2.31. The Morgan fingerprint density at radius 1 is 0.905 bits per heavy atom. The van der Waals surface area contributed by atoms with Gasteiger partial charge in [0.25, 0.3) is 0 Å². The summed E-state index contributed by atoms with van der Waals surface area (Å²) in [5.41, 5.74) is -0.860. The molecule has 0 bridgehead atoms. The van der Waals surface area contributed by atoms with Crippen LogP contribution in [0.25, 0.3) is 0 Å². The zero-order valence-corrected chi connectivity index (χ0v) is 14.3. The molecule has 0 amide bonds. The molecule has 0 saturated carbocycles. The molecule has 0 fully saturated rings. The molecule has 8 nitrogen and oxygen atoms in total. The summed E-state index contributed by atoms with van der Waals surface area (Å²) in [5, 5.41) is 0. The second-order valence-corrected chi connectivity index (χ2v) is 6.71. The molecule has 0 aromatic heterocycles. The molecule has 0 spiro atoms.